The summed E-state index contributed by atoms with van der Waals surface area (Å²) in [5.74, 6) is -2.81. The zero-order chi connectivity index (χ0) is 12.9. The first-order valence-corrected chi connectivity index (χ1v) is 4.71. The number of aliphatic hydroxyl groups is 2. The van der Waals surface area contributed by atoms with Gasteiger partial charge in [0.05, 0.1) is 21.1 Å². The van der Waals surface area contributed by atoms with Crippen LogP contribution in [0.3, 0.4) is 0 Å². The quantitative estimate of drug-likeness (QED) is 0.365. The number of aliphatic carboxylic acids is 1. The zero-order valence-electron chi connectivity index (χ0n) is 9.58. The molecule has 7 heteroatoms. The lowest BCUT2D eigenvalue weighted by Gasteiger charge is -2.23. The first-order valence-electron chi connectivity index (χ1n) is 4.71. The maximum Gasteiger partial charge on any atom is 0.338 e. The summed E-state index contributed by atoms with van der Waals surface area (Å²) in [6, 6.07) is 0. The smallest absolute Gasteiger partial charge is 0.338 e. The molecule has 7 nitrogen and oxygen atoms in total. The molecule has 16 heavy (non-hydrogen) atoms. The molecule has 0 amide bonds. The van der Waals surface area contributed by atoms with Crippen molar-refractivity contribution in [1.82, 2.24) is 0 Å². The Morgan fingerprint density at radius 1 is 1.19 bits per heavy atom. The van der Waals surface area contributed by atoms with Crippen molar-refractivity contribution >= 4 is 11.9 Å². The molecule has 0 heterocycles. The van der Waals surface area contributed by atoms with Crippen LogP contribution < -0.4 is 0 Å². The van der Waals surface area contributed by atoms with E-state index in [1.165, 1.54) is 0 Å². The van der Waals surface area contributed by atoms with E-state index >= 15 is 0 Å². The molecule has 94 valence electrons. The number of likely N-dealkylation sites (N-methyl/N-ethyl adjacent to an activating group) is 1. The maximum absolute atomic E-state index is 11.1. The summed E-state index contributed by atoms with van der Waals surface area (Å²) in [4.78, 5) is 21.3. The molecule has 0 aromatic carbocycles. The number of carbonyl (C=O) groups is 2. The van der Waals surface area contributed by atoms with E-state index in [1.54, 1.807) is 0 Å². The van der Waals surface area contributed by atoms with Gasteiger partial charge in [-0.15, -0.1) is 0 Å². The molecule has 0 aromatic rings. The van der Waals surface area contributed by atoms with Gasteiger partial charge in [-0.1, -0.05) is 0 Å². The Balaban J connectivity index is 4.03. The molecule has 0 unspecified atom stereocenters. The number of ether oxygens (including phenoxy) is 1. The van der Waals surface area contributed by atoms with Gasteiger partial charge in [0.1, 0.15) is 13.2 Å². The predicted octanol–water partition coefficient (Wildman–Crippen LogP) is -1.96. The van der Waals surface area contributed by atoms with Crippen LogP contribution in [-0.2, 0) is 14.3 Å². The topological polar surface area (TPSA) is 104 Å². The minimum atomic E-state index is -2.16. The molecule has 0 rings (SSSR count). The average Bonchev–Trinajstić information content (AvgIpc) is 2.13. The Hall–Kier alpha value is -1.18. The Morgan fingerprint density at radius 3 is 2.06 bits per heavy atom. The summed E-state index contributed by atoms with van der Waals surface area (Å²) in [7, 11) is 5.66. The number of carbonyl (C=O) groups excluding carboxylic acids is 1. The van der Waals surface area contributed by atoms with Crippen molar-refractivity contribution in [3.63, 3.8) is 0 Å². The van der Waals surface area contributed by atoms with Crippen LogP contribution in [0.15, 0.2) is 0 Å². The summed E-state index contributed by atoms with van der Waals surface area (Å²) >= 11 is 0. The third-order valence-corrected chi connectivity index (χ3v) is 1.80. The van der Waals surface area contributed by atoms with Gasteiger partial charge in [-0.2, -0.15) is 0 Å². The van der Waals surface area contributed by atoms with Crippen molar-refractivity contribution in [3.05, 3.63) is 0 Å². The molecule has 0 fully saturated rings. The van der Waals surface area contributed by atoms with Crippen LogP contribution in [0, 0.1) is 0 Å². The average molecular weight is 236 g/mol. The van der Waals surface area contributed by atoms with Gasteiger partial charge in [0.15, 0.2) is 12.2 Å². The van der Waals surface area contributed by atoms with E-state index in [9.17, 15) is 9.59 Å². The number of quaternary nitrogens is 1. The lowest BCUT2D eigenvalue weighted by Crippen LogP contribution is -2.42. The molecule has 0 spiro atoms. The van der Waals surface area contributed by atoms with E-state index < -0.39 is 24.1 Å². The van der Waals surface area contributed by atoms with E-state index in [-0.39, 0.29) is 6.61 Å². The second kappa shape index (κ2) is 5.78. The monoisotopic (exact) mass is 236 g/mol. The number of hydrogen-bond donors (Lipinski definition) is 3. The molecule has 0 saturated carbocycles. The van der Waals surface area contributed by atoms with E-state index in [1.807, 2.05) is 21.1 Å². The van der Waals surface area contributed by atoms with E-state index in [4.69, 9.17) is 15.3 Å². The van der Waals surface area contributed by atoms with Crippen LogP contribution in [0.4, 0.5) is 0 Å². The largest absolute Gasteiger partial charge is 0.479 e. The zero-order valence-corrected chi connectivity index (χ0v) is 9.58. The Kier molecular flexibility index (Phi) is 5.36. The summed E-state index contributed by atoms with van der Waals surface area (Å²) in [5, 5.41) is 26.3. The van der Waals surface area contributed by atoms with Crippen molar-refractivity contribution in [2.45, 2.75) is 12.2 Å². The highest BCUT2D eigenvalue weighted by Gasteiger charge is 2.31. The van der Waals surface area contributed by atoms with Gasteiger partial charge in [0, 0.05) is 0 Å². The van der Waals surface area contributed by atoms with Crippen molar-refractivity contribution in [3.8, 4) is 0 Å². The molecule has 0 aliphatic rings. The molecule has 0 aliphatic heterocycles. The van der Waals surface area contributed by atoms with Crippen LogP contribution >= 0.6 is 0 Å². The number of aliphatic hydroxyl groups excluding tert-OH is 2. The van der Waals surface area contributed by atoms with Gasteiger partial charge < -0.3 is 24.5 Å². The van der Waals surface area contributed by atoms with E-state index in [0.717, 1.165) is 0 Å². The highest BCUT2D eigenvalue weighted by atomic mass is 16.6. The van der Waals surface area contributed by atoms with Crippen molar-refractivity contribution in [1.29, 1.82) is 0 Å². The van der Waals surface area contributed by atoms with Gasteiger partial charge in [-0.3, -0.25) is 0 Å². The van der Waals surface area contributed by atoms with E-state index in [0.29, 0.717) is 11.0 Å². The van der Waals surface area contributed by atoms with Gasteiger partial charge in [0.25, 0.3) is 0 Å². The Morgan fingerprint density at radius 2 is 1.69 bits per heavy atom. The lowest BCUT2D eigenvalue weighted by molar-refractivity contribution is -0.870. The summed E-state index contributed by atoms with van der Waals surface area (Å²) in [6.45, 7) is 0.563. The van der Waals surface area contributed by atoms with Crippen LogP contribution in [0.1, 0.15) is 0 Å². The molecular weight excluding hydrogens is 218 g/mol. The molecule has 0 aliphatic carbocycles. The van der Waals surface area contributed by atoms with E-state index in [2.05, 4.69) is 4.74 Å². The predicted molar refractivity (Wildman–Crippen MR) is 53.5 cm³/mol. The van der Waals surface area contributed by atoms with Crippen LogP contribution in [0.5, 0.6) is 0 Å². The number of rotatable bonds is 6. The minimum absolute atomic E-state index is 0.0474. The number of nitrogens with zero attached hydrogens (tertiary/aromatic N) is 1. The van der Waals surface area contributed by atoms with Crippen molar-refractivity contribution in [2.75, 3.05) is 34.3 Å². The van der Waals surface area contributed by atoms with Crippen LogP contribution in [0.25, 0.3) is 0 Å². The molecule has 0 aromatic heterocycles. The first kappa shape index (κ1) is 14.8. The number of esters is 1. The molecule has 2 atom stereocenters. The molecule has 0 saturated heterocycles. The fourth-order valence-electron chi connectivity index (χ4n) is 0.769. The van der Waals surface area contributed by atoms with Crippen LogP contribution in [-0.4, -0.2) is 78.2 Å². The third-order valence-electron chi connectivity index (χ3n) is 1.80. The van der Waals surface area contributed by atoms with Crippen molar-refractivity contribution < 1.29 is 34.1 Å². The highest BCUT2D eigenvalue weighted by Crippen LogP contribution is 1.98. The minimum Gasteiger partial charge on any atom is -0.479 e. The van der Waals surface area contributed by atoms with Gasteiger partial charge in [-0.05, 0) is 0 Å². The normalized spacial score (nSPS) is 15.3. The van der Waals surface area contributed by atoms with Gasteiger partial charge in [0.2, 0.25) is 0 Å². The third kappa shape index (κ3) is 5.64. The SMILES string of the molecule is C[N+](C)(C)CCOC(=O)[C@@H](O)[C@H](O)C(=O)O. The highest BCUT2D eigenvalue weighted by molar-refractivity contribution is 5.84. The fourth-order valence-corrected chi connectivity index (χ4v) is 0.769. The maximum atomic E-state index is 11.1. The molecule has 0 bridgehead atoms. The van der Waals surface area contributed by atoms with Gasteiger partial charge in [-0.25, -0.2) is 9.59 Å². The van der Waals surface area contributed by atoms with Crippen molar-refractivity contribution in [2.24, 2.45) is 0 Å². The summed E-state index contributed by atoms with van der Waals surface area (Å²) in [6.07, 6.45) is -4.21. The van der Waals surface area contributed by atoms with Crippen LogP contribution in [0.2, 0.25) is 0 Å². The second-order valence-electron chi connectivity index (χ2n) is 4.41. The first-order chi connectivity index (χ1) is 7.15. The second-order valence-corrected chi connectivity index (χ2v) is 4.41. The summed E-state index contributed by atoms with van der Waals surface area (Å²) < 4.78 is 5.18. The fraction of sp³-hybridized carbons (Fsp3) is 0.778. The number of carboxylic acids is 1. The molecule has 3 N–H and O–H groups in total. The Bertz CT molecular complexity index is 259. The standard InChI is InChI=1S/C9H17NO6/c1-10(2,3)4-5-16-9(15)7(12)6(11)8(13)14/h6-7,11-12H,4-5H2,1-3H3/p+1/t6-,7-/m0/s1. The summed E-state index contributed by atoms with van der Waals surface area (Å²) in [5.41, 5.74) is 0. The molecular formula is C9H18NO6+. The Labute approximate surface area is 93.4 Å². The lowest BCUT2D eigenvalue weighted by atomic mass is 10.2. The molecule has 0 radical (unpaired) electrons. The number of hydrogen-bond acceptors (Lipinski definition) is 5. The van der Waals surface area contributed by atoms with Gasteiger partial charge >= 0.3 is 11.9 Å². The number of carboxylic acid groups (broad SMARTS) is 1.